The van der Waals surface area contributed by atoms with Crippen molar-refractivity contribution in [2.75, 3.05) is 59.5 Å². The van der Waals surface area contributed by atoms with Gasteiger partial charge in [0.1, 0.15) is 5.82 Å². The fourth-order valence-corrected chi connectivity index (χ4v) is 4.31. The summed E-state index contributed by atoms with van der Waals surface area (Å²) in [6, 6.07) is 5.07. The highest BCUT2D eigenvalue weighted by atomic mass is 127. The SMILES string of the molecule is CCNC(=NCc1ccc(F)c(COC)c1)N1CCN(CC(=O)N2CCCCCC2)CC1.I. The van der Waals surface area contributed by atoms with Crippen molar-refractivity contribution >= 4 is 35.8 Å². The maximum atomic E-state index is 13.9. The molecular formula is C24H39FIN5O2. The molecule has 1 aromatic rings. The third kappa shape index (κ3) is 8.68. The van der Waals surface area contributed by atoms with Crippen molar-refractivity contribution in [2.45, 2.75) is 45.8 Å². The van der Waals surface area contributed by atoms with E-state index in [1.54, 1.807) is 13.2 Å². The zero-order valence-electron chi connectivity index (χ0n) is 20.0. The fourth-order valence-electron chi connectivity index (χ4n) is 4.31. The Balaban J connectivity index is 0.00000385. The average Bonchev–Trinajstić information content (AvgIpc) is 3.09. The Morgan fingerprint density at radius 2 is 1.76 bits per heavy atom. The number of likely N-dealkylation sites (tertiary alicyclic amines) is 1. The van der Waals surface area contributed by atoms with Crippen LogP contribution in [0.15, 0.2) is 23.2 Å². The van der Waals surface area contributed by atoms with Crippen molar-refractivity contribution in [1.29, 1.82) is 0 Å². The minimum Gasteiger partial charge on any atom is -0.380 e. The smallest absolute Gasteiger partial charge is 0.236 e. The molecule has 0 saturated carbocycles. The second-order valence-corrected chi connectivity index (χ2v) is 8.59. The molecule has 1 N–H and O–H groups in total. The molecule has 3 rings (SSSR count). The van der Waals surface area contributed by atoms with E-state index in [9.17, 15) is 9.18 Å². The van der Waals surface area contributed by atoms with Gasteiger partial charge in [0.15, 0.2) is 5.96 Å². The molecule has 2 aliphatic rings. The molecule has 0 radical (unpaired) electrons. The van der Waals surface area contributed by atoms with Gasteiger partial charge in [0.25, 0.3) is 0 Å². The molecule has 33 heavy (non-hydrogen) atoms. The van der Waals surface area contributed by atoms with Crippen LogP contribution in [0.25, 0.3) is 0 Å². The number of ether oxygens (including phenoxy) is 1. The predicted molar refractivity (Wildman–Crippen MR) is 140 cm³/mol. The van der Waals surface area contributed by atoms with Crippen LogP contribution in [0.2, 0.25) is 0 Å². The number of nitrogens with one attached hydrogen (secondary N) is 1. The monoisotopic (exact) mass is 575 g/mol. The lowest BCUT2D eigenvalue weighted by atomic mass is 10.1. The normalized spacial score (nSPS) is 18.0. The van der Waals surface area contributed by atoms with Crippen LogP contribution in [0, 0.1) is 5.82 Å². The minimum atomic E-state index is -0.252. The molecule has 0 bridgehead atoms. The van der Waals surface area contributed by atoms with Crippen LogP contribution < -0.4 is 5.32 Å². The lowest BCUT2D eigenvalue weighted by molar-refractivity contribution is -0.132. The number of halogens is 2. The standard InChI is InChI=1S/C24H38FN5O2.HI/c1-3-26-24(27-17-20-8-9-22(25)21(16-20)19-32-2)30-14-12-28(13-15-30)18-23(31)29-10-6-4-5-7-11-29;/h8-9,16H,3-7,10-15,17-19H2,1-2H3,(H,26,27);1H. The van der Waals surface area contributed by atoms with Crippen molar-refractivity contribution in [3.05, 3.63) is 35.1 Å². The van der Waals surface area contributed by atoms with E-state index in [-0.39, 0.29) is 42.3 Å². The van der Waals surface area contributed by atoms with E-state index in [0.717, 1.165) is 70.2 Å². The van der Waals surface area contributed by atoms with Gasteiger partial charge in [-0.25, -0.2) is 9.38 Å². The number of carbonyl (C=O) groups is 1. The summed E-state index contributed by atoms with van der Waals surface area (Å²) in [4.78, 5) is 24.0. The summed E-state index contributed by atoms with van der Waals surface area (Å²) in [6.45, 7) is 9.25. The molecule has 9 heteroatoms. The Kier molecular flexibility index (Phi) is 12.4. The quantitative estimate of drug-likeness (QED) is 0.308. The molecular weight excluding hydrogens is 536 g/mol. The number of nitrogens with zero attached hydrogens (tertiary/aromatic N) is 4. The maximum absolute atomic E-state index is 13.9. The molecule has 1 amide bonds. The van der Waals surface area contributed by atoms with Crippen LogP contribution in [-0.4, -0.2) is 86.0 Å². The van der Waals surface area contributed by atoms with Gasteiger partial charge in [-0.15, -0.1) is 24.0 Å². The van der Waals surface area contributed by atoms with E-state index in [0.29, 0.717) is 18.7 Å². The van der Waals surface area contributed by atoms with Crippen LogP contribution >= 0.6 is 24.0 Å². The third-order valence-corrected chi connectivity index (χ3v) is 6.15. The molecule has 0 unspecified atom stereocenters. The molecule has 1 aromatic carbocycles. The molecule has 2 saturated heterocycles. The molecule has 2 fully saturated rings. The number of hydrogen-bond acceptors (Lipinski definition) is 4. The first kappa shape index (κ1) is 27.8. The zero-order chi connectivity index (χ0) is 22.8. The van der Waals surface area contributed by atoms with Crippen LogP contribution in [0.1, 0.15) is 43.7 Å². The van der Waals surface area contributed by atoms with Crippen LogP contribution in [0.5, 0.6) is 0 Å². The number of hydrogen-bond donors (Lipinski definition) is 1. The largest absolute Gasteiger partial charge is 0.380 e. The van der Waals surface area contributed by atoms with Gasteiger partial charge in [-0.2, -0.15) is 0 Å². The lowest BCUT2D eigenvalue weighted by Gasteiger charge is -2.37. The zero-order valence-corrected chi connectivity index (χ0v) is 22.4. The molecule has 186 valence electrons. The molecule has 0 aliphatic carbocycles. The van der Waals surface area contributed by atoms with Gasteiger partial charge in [0, 0.05) is 58.5 Å². The Labute approximate surface area is 214 Å². The summed E-state index contributed by atoms with van der Waals surface area (Å²) < 4.78 is 18.9. The van der Waals surface area contributed by atoms with Crippen molar-refractivity contribution in [3.8, 4) is 0 Å². The number of benzene rings is 1. The summed E-state index contributed by atoms with van der Waals surface area (Å²) in [5.74, 6) is 0.880. The van der Waals surface area contributed by atoms with Gasteiger partial charge in [-0.1, -0.05) is 18.9 Å². The number of methoxy groups -OCH3 is 1. The highest BCUT2D eigenvalue weighted by Gasteiger charge is 2.23. The van der Waals surface area contributed by atoms with Crippen molar-refractivity contribution in [2.24, 2.45) is 4.99 Å². The van der Waals surface area contributed by atoms with Gasteiger partial charge in [0.2, 0.25) is 5.91 Å². The van der Waals surface area contributed by atoms with Crippen molar-refractivity contribution in [3.63, 3.8) is 0 Å². The van der Waals surface area contributed by atoms with E-state index < -0.39 is 0 Å². The fraction of sp³-hybridized carbons (Fsp3) is 0.667. The number of guanidine groups is 1. The Morgan fingerprint density at radius 3 is 2.39 bits per heavy atom. The molecule has 0 atom stereocenters. The average molecular weight is 576 g/mol. The molecule has 2 heterocycles. The summed E-state index contributed by atoms with van der Waals surface area (Å²) >= 11 is 0. The van der Waals surface area contributed by atoms with Gasteiger partial charge in [0.05, 0.1) is 19.7 Å². The third-order valence-electron chi connectivity index (χ3n) is 6.15. The van der Waals surface area contributed by atoms with E-state index in [2.05, 4.69) is 22.0 Å². The van der Waals surface area contributed by atoms with Gasteiger partial charge in [-0.3, -0.25) is 9.69 Å². The van der Waals surface area contributed by atoms with Crippen molar-refractivity contribution in [1.82, 2.24) is 20.0 Å². The number of piperazine rings is 1. The van der Waals surface area contributed by atoms with E-state index in [1.165, 1.54) is 18.9 Å². The minimum absolute atomic E-state index is 0. The molecule has 0 spiro atoms. The highest BCUT2D eigenvalue weighted by Crippen LogP contribution is 2.14. The molecule has 0 aromatic heterocycles. The second kappa shape index (κ2) is 14.7. The highest BCUT2D eigenvalue weighted by molar-refractivity contribution is 14.0. The molecule has 7 nitrogen and oxygen atoms in total. The predicted octanol–water partition coefficient (Wildman–Crippen LogP) is 3.08. The summed E-state index contributed by atoms with van der Waals surface area (Å²) in [7, 11) is 1.56. The first-order valence-electron chi connectivity index (χ1n) is 11.9. The van der Waals surface area contributed by atoms with Gasteiger partial charge < -0.3 is 19.9 Å². The lowest BCUT2D eigenvalue weighted by Crippen LogP contribution is -2.54. The Bertz CT molecular complexity index is 763. The summed E-state index contributed by atoms with van der Waals surface area (Å²) in [6.07, 6.45) is 4.73. The van der Waals surface area contributed by atoms with Crippen molar-refractivity contribution < 1.29 is 13.9 Å². The number of carbonyl (C=O) groups excluding carboxylic acids is 1. The number of aliphatic imine (C=N–C) groups is 1. The van der Waals surface area contributed by atoms with Crippen LogP contribution in [-0.2, 0) is 22.7 Å². The van der Waals surface area contributed by atoms with E-state index in [4.69, 9.17) is 9.73 Å². The first-order chi connectivity index (χ1) is 15.6. The van der Waals surface area contributed by atoms with Gasteiger partial charge in [-0.05, 0) is 37.5 Å². The maximum Gasteiger partial charge on any atom is 0.236 e. The Morgan fingerprint density at radius 1 is 1.06 bits per heavy atom. The summed E-state index contributed by atoms with van der Waals surface area (Å²) in [5.41, 5.74) is 1.50. The first-order valence-corrected chi connectivity index (χ1v) is 11.9. The van der Waals surface area contributed by atoms with E-state index in [1.807, 2.05) is 11.0 Å². The second-order valence-electron chi connectivity index (χ2n) is 8.59. The topological polar surface area (TPSA) is 60.4 Å². The Hall–Kier alpha value is -1.46. The number of rotatable bonds is 7. The van der Waals surface area contributed by atoms with Crippen LogP contribution in [0.4, 0.5) is 4.39 Å². The van der Waals surface area contributed by atoms with Gasteiger partial charge >= 0.3 is 0 Å². The summed E-state index contributed by atoms with van der Waals surface area (Å²) in [5, 5.41) is 3.37. The number of amides is 1. The molecule has 2 aliphatic heterocycles. The van der Waals surface area contributed by atoms with E-state index >= 15 is 0 Å². The van der Waals surface area contributed by atoms with Crippen LogP contribution in [0.3, 0.4) is 0 Å².